The largest absolute Gasteiger partial charge is 0.449 e. The molecule has 7 heteroatoms. The van der Waals surface area contributed by atoms with Crippen LogP contribution in [0.25, 0.3) is 0 Å². The summed E-state index contributed by atoms with van der Waals surface area (Å²) in [6.07, 6.45) is 4.01. The Balaban J connectivity index is 1.70. The van der Waals surface area contributed by atoms with Gasteiger partial charge in [0.1, 0.15) is 11.1 Å². The zero-order chi connectivity index (χ0) is 20.1. The van der Waals surface area contributed by atoms with Crippen molar-refractivity contribution in [3.63, 3.8) is 0 Å². The van der Waals surface area contributed by atoms with Gasteiger partial charge in [-0.05, 0) is 56.4 Å². The fourth-order valence-electron chi connectivity index (χ4n) is 3.16. The van der Waals surface area contributed by atoms with Gasteiger partial charge in [-0.1, -0.05) is 12.5 Å². The molecule has 0 fully saturated rings. The lowest BCUT2D eigenvalue weighted by Crippen LogP contribution is -2.30. The van der Waals surface area contributed by atoms with Crippen LogP contribution in [-0.4, -0.2) is 18.0 Å². The molecular formula is C21H19N3O3S. The lowest BCUT2D eigenvalue weighted by atomic mass is 10.1. The summed E-state index contributed by atoms with van der Waals surface area (Å²) in [5.41, 5.74) is 2.11. The van der Waals surface area contributed by atoms with Crippen molar-refractivity contribution in [1.29, 1.82) is 10.5 Å². The first-order valence-corrected chi connectivity index (χ1v) is 9.91. The first kappa shape index (κ1) is 19.6. The second-order valence-electron chi connectivity index (χ2n) is 6.61. The van der Waals surface area contributed by atoms with Crippen molar-refractivity contribution in [2.24, 2.45) is 0 Å². The number of fused-ring (bicyclic) bond motifs is 1. The summed E-state index contributed by atoms with van der Waals surface area (Å²) in [4.78, 5) is 25.9. The first-order valence-electron chi connectivity index (χ1n) is 9.10. The molecular weight excluding hydrogens is 374 g/mol. The van der Waals surface area contributed by atoms with Gasteiger partial charge >= 0.3 is 5.97 Å². The normalized spacial score (nSPS) is 14.0. The molecule has 0 saturated carbocycles. The summed E-state index contributed by atoms with van der Waals surface area (Å²) >= 11 is 1.43. The Morgan fingerprint density at radius 2 is 1.96 bits per heavy atom. The van der Waals surface area contributed by atoms with Crippen LogP contribution in [0, 0.1) is 22.7 Å². The number of hydrogen-bond donors (Lipinski definition) is 1. The number of rotatable bonds is 4. The monoisotopic (exact) mass is 393 g/mol. The SMILES string of the molecule is C[C@@H](OC(=O)c1cccc(C#N)c1)C(=O)Nc1sc2c(c1C#N)CCCCC2. The third-order valence-corrected chi connectivity index (χ3v) is 5.86. The van der Waals surface area contributed by atoms with Crippen LogP contribution in [-0.2, 0) is 22.4 Å². The van der Waals surface area contributed by atoms with Crippen molar-refractivity contribution < 1.29 is 14.3 Å². The predicted octanol–water partition coefficient (Wildman–Crippen LogP) is 3.94. The van der Waals surface area contributed by atoms with E-state index < -0.39 is 18.0 Å². The van der Waals surface area contributed by atoms with E-state index in [1.54, 1.807) is 12.1 Å². The number of nitriles is 2. The number of carbonyl (C=O) groups is 2. The van der Waals surface area contributed by atoms with Crippen LogP contribution < -0.4 is 5.32 Å². The van der Waals surface area contributed by atoms with E-state index in [-0.39, 0.29) is 5.56 Å². The van der Waals surface area contributed by atoms with Gasteiger partial charge < -0.3 is 10.1 Å². The van der Waals surface area contributed by atoms with Gasteiger partial charge in [-0.15, -0.1) is 11.3 Å². The second-order valence-corrected chi connectivity index (χ2v) is 7.71. The van der Waals surface area contributed by atoms with Gasteiger partial charge in [-0.25, -0.2) is 4.79 Å². The van der Waals surface area contributed by atoms with E-state index in [9.17, 15) is 14.9 Å². The zero-order valence-corrected chi connectivity index (χ0v) is 16.3. The molecule has 1 N–H and O–H groups in total. The maximum atomic E-state index is 12.5. The Morgan fingerprint density at radius 1 is 1.18 bits per heavy atom. The van der Waals surface area contributed by atoms with Crippen molar-refractivity contribution in [2.75, 3.05) is 5.32 Å². The molecule has 0 aliphatic heterocycles. The van der Waals surface area contributed by atoms with Gasteiger partial charge in [0.25, 0.3) is 5.91 Å². The summed E-state index contributed by atoms with van der Waals surface area (Å²) < 4.78 is 5.23. The van der Waals surface area contributed by atoms with Gasteiger partial charge in [0.15, 0.2) is 6.10 Å². The Hall–Kier alpha value is -3.16. The summed E-state index contributed by atoms with van der Waals surface area (Å²) in [5.74, 6) is -1.17. The third kappa shape index (κ3) is 4.21. The molecule has 28 heavy (non-hydrogen) atoms. The van der Waals surface area contributed by atoms with E-state index in [1.165, 1.54) is 30.4 Å². The molecule has 0 radical (unpaired) electrons. The Labute approximate surface area is 167 Å². The highest BCUT2D eigenvalue weighted by molar-refractivity contribution is 7.16. The Morgan fingerprint density at radius 3 is 2.71 bits per heavy atom. The van der Waals surface area contributed by atoms with Crippen molar-refractivity contribution >= 4 is 28.2 Å². The number of carbonyl (C=O) groups excluding carboxylic acids is 2. The van der Waals surface area contributed by atoms with Crippen LogP contribution in [0.5, 0.6) is 0 Å². The van der Waals surface area contributed by atoms with Crippen LogP contribution >= 0.6 is 11.3 Å². The molecule has 1 atom stereocenters. The number of benzene rings is 1. The summed E-state index contributed by atoms with van der Waals surface area (Å²) in [7, 11) is 0. The smallest absolute Gasteiger partial charge is 0.338 e. The van der Waals surface area contributed by atoms with Crippen LogP contribution in [0.1, 0.15) is 58.1 Å². The average Bonchev–Trinajstić information content (AvgIpc) is 2.86. The highest BCUT2D eigenvalue weighted by Crippen LogP contribution is 2.37. The molecule has 1 heterocycles. The molecule has 1 amide bonds. The lowest BCUT2D eigenvalue weighted by molar-refractivity contribution is -0.123. The molecule has 1 aliphatic carbocycles. The first-order chi connectivity index (χ1) is 13.5. The highest BCUT2D eigenvalue weighted by atomic mass is 32.1. The zero-order valence-electron chi connectivity index (χ0n) is 15.4. The van der Waals surface area contributed by atoms with Gasteiger partial charge in [-0.3, -0.25) is 4.79 Å². The molecule has 142 valence electrons. The van der Waals surface area contributed by atoms with E-state index >= 15 is 0 Å². The number of ether oxygens (including phenoxy) is 1. The number of amides is 1. The molecule has 3 rings (SSSR count). The minimum atomic E-state index is -1.04. The fraction of sp³-hybridized carbons (Fsp3) is 0.333. The minimum absolute atomic E-state index is 0.208. The van der Waals surface area contributed by atoms with Crippen LogP contribution in [0.3, 0.4) is 0 Å². The summed E-state index contributed by atoms with van der Waals surface area (Å²) in [5, 5.41) is 21.7. The predicted molar refractivity (Wildman–Crippen MR) is 105 cm³/mol. The Kier molecular flexibility index (Phi) is 6.08. The van der Waals surface area contributed by atoms with E-state index in [4.69, 9.17) is 10.00 Å². The van der Waals surface area contributed by atoms with Crippen molar-refractivity contribution in [1.82, 2.24) is 0 Å². The topological polar surface area (TPSA) is 103 Å². The molecule has 6 nitrogen and oxygen atoms in total. The third-order valence-electron chi connectivity index (χ3n) is 4.65. The highest BCUT2D eigenvalue weighted by Gasteiger charge is 2.24. The molecule has 0 spiro atoms. The summed E-state index contributed by atoms with van der Waals surface area (Å²) in [6.45, 7) is 1.48. The van der Waals surface area contributed by atoms with Gasteiger partial charge in [-0.2, -0.15) is 10.5 Å². The number of nitrogens with one attached hydrogen (secondary N) is 1. The number of esters is 1. The number of aryl methyl sites for hydroxylation is 1. The molecule has 1 aromatic carbocycles. The second kappa shape index (κ2) is 8.69. The number of thiophene rings is 1. The Bertz CT molecular complexity index is 997. The lowest BCUT2D eigenvalue weighted by Gasteiger charge is -2.13. The quantitative estimate of drug-likeness (QED) is 0.626. The molecule has 2 aromatic rings. The van der Waals surface area contributed by atoms with Crippen LogP contribution in [0.2, 0.25) is 0 Å². The van der Waals surface area contributed by atoms with Gasteiger partial charge in [0, 0.05) is 4.88 Å². The number of hydrogen-bond acceptors (Lipinski definition) is 6. The maximum Gasteiger partial charge on any atom is 0.338 e. The van der Waals surface area contributed by atoms with Crippen LogP contribution in [0.15, 0.2) is 24.3 Å². The van der Waals surface area contributed by atoms with Crippen molar-refractivity contribution in [2.45, 2.75) is 45.1 Å². The van der Waals surface area contributed by atoms with E-state index in [1.807, 2.05) is 6.07 Å². The van der Waals surface area contributed by atoms with Gasteiger partial charge in [0.2, 0.25) is 0 Å². The van der Waals surface area contributed by atoms with E-state index in [0.29, 0.717) is 16.1 Å². The molecule has 1 aromatic heterocycles. The van der Waals surface area contributed by atoms with Gasteiger partial charge in [0.05, 0.1) is 22.8 Å². The van der Waals surface area contributed by atoms with E-state index in [0.717, 1.165) is 42.5 Å². The maximum absolute atomic E-state index is 12.5. The molecule has 0 unspecified atom stereocenters. The summed E-state index contributed by atoms with van der Waals surface area (Å²) in [6, 6.07) is 10.3. The minimum Gasteiger partial charge on any atom is -0.449 e. The van der Waals surface area contributed by atoms with E-state index in [2.05, 4.69) is 11.4 Å². The number of anilines is 1. The fourth-order valence-corrected chi connectivity index (χ4v) is 4.40. The molecule has 0 bridgehead atoms. The van der Waals surface area contributed by atoms with Crippen LogP contribution in [0.4, 0.5) is 5.00 Å². The average molecular weight is 393 g/mol. The molecule has 1 aliphatic rings. The standard InChI is InChI=1S/C21H19N3O3S/c1-13(27-21(26)15-7-5-6-14(10-15)11-22)19(25)24-20-17(12-23)16-8-3-2-4-9-18(16)28-20/h5-7,10,13H,2-4,8-9H2,1H3,(H,24,25)/t13-/m1/s1. The molecule has 0 saturated heterocycles. The van der Waals surface area contributed by atoms with Crippen molar-refractivity contribution in [3.05, 3.63) is 51.4 Å². The van der Waals surface area contributed by atoms with Crippen molar-refractivity contribution in [3.8, 4) is 12.1 Å². The number of nitrogens with zero attached hydrogens (tertiary/aromatic N) is 2.